The van der Waals surface area contributed by atoms with Gasteiger partial charge in [-0.15, -0.1) is 0 Å². The number of aliphatic hydroxyl groups excluding tert-OH is 2. The van der Waals surface area contributed by atoms with Crippen LogP contribution in [0.15, 0.2) is 0 Å². The molecule has 5 aliphatic rings. The Kier molecular flexibility index (Phi) is 5.76. The first-order chi connectivity index (χ1) is 14.7. The van der Waals surface area contributed by atoms with E-state index in [1.807, 2.05) is 0 Å². The minimum absolute atomic E-state index is 0.154. The van der Waals surface area contributed by atoms with Crippen LogP contribution in [-0.4, -0.2) is 61.4 Å². The molecule has 2 N–H and O–H groups in total. The molecule has 1 heterocycles. The Hall–Kier alpha value is -0.240. The summed E-state index contributed by atoms with van der Waals surface area (Å²) in [6.07, 6.45) is 6.31. The molecule has 6 nitrogen and oxygen atoms in total. The molecule has 0 bridgehead atoms. The highest BCUT2D eigenvalue weighted by molar-refractivity contribution is 5.15. The van der Waals surface area contributed by atoms with Gasteiger partial charge in [0, 0.05) is 18.4 Å². The standard InChI is InChI=1S/C25H42O6/c1-23-8-7-16(29-14-28-4)11-15(23)12-19(26)22-17-5-6-20(25(3)30-9-10-31-25)24(17,2)21(27)13-18(22)23/h15-22,26-27H,5-14H2,1-4H3/t15-,16+,17-,18-,19+,20-,21+,22-,23-,24-/m0/s1. The average molecular weight is 439 g/mol. The summed E-state index contributed by atoms with van der Waals surface area (Å²) < 4.78 is 23.2. The Morgan fingerprint density at radius 2 is 1.68 bits per heavy atom. The fourth-order valence-corrected chi connectivity index (χ4v) is 9.05. The van der Waals surface area contributed by atoms with Crippen LogP contribution < -0.4 is 0 Å². The summed E-state index contributed by atoms with van der Waals surface area (Å²) in [4.78, 5) is 0. The summed E-state index contributed by atoms with van der Waals surface area (Å²) in [5.41, 5.74) is -0.120. The predicted molar refractivity (Wildman–Crippen MR) is 115 cm³/mol. The molecule has 0 spiro atoms. The van der Waals surface area contributed by atoms with Gasteiger partial charge in [0.2, 0.25) is 0 Å². The van der Waals surface area contributed by atoms with Crippen molar-refractivity contribution >= 4 is 0 Å². The van der Waals surface area contributed by atoms with Crippen molar-refractivity contribution in [3.05, 3.63) is 0 Å². The van der Waals surface area contributed by atoms with E-state index < -0.39 is 5.79 Å². The maximum absolute atomic E-state index is 11.6. The molecule has 0 aromatic heterocycles. The summed E-state index contributed by atoms with van der Waals surface area (Å²) in [5, 5.41) is 23.1. The maximum atomic E-state index is 11.6. The van der Waals surface area contributed by atoms with Crippen molar-refractivity contribution in [3.63, 3.8) is 0 Å². The van der Waals surface area contributed by atoms with Gasteiger partial charge in [-0.2, -0.15) is 0 Å². The van der Waals surface area contributed by atoms with Crippen molar-refractivity contribution in [2.24, 2.45) is 40.4 Å². The minimum Gasteiger partial charge on any atom is -0.393 e. The lowest BCUT2D eigenvalue weighted by Gasteiger charge is -2.63. The molecule has 1 saturated heterocycles. The molecule has 0 aromatic rings. The van der Waals surface area contributed by atoms with Gasteiger partial charge in [0.25, 0.3) is 0 Å². The molecular weight excluding hydrogens is 396 g/mol. The molecule has 4 saturated carbocycles. The minimum atomic E-state index is -0.611. The third-order valence-corrected chi connectivity index (χ3v) is 10.7. The lowest BCUT2D eigenvalue weighted by atomic mass is 9.43. The molecule has 0 amide bonds. The normalized spacial score (nSPS) is 53.6. The molecular formula is C25H42O6. The molecule has 10 atom stereocenters. The first-order valence-electron chi connectivity index (χ1n) is 12.5. The molecule has 0 unspecified atom stereocenters. The van der Waals surface area contributed by atoms with Crippen LogP contribution in [0, 0.1) is 40.4 Å². The van der Waals surface area contributed by atoms with Crippen molar-refractivity contribution in [1.29, 1.82) is 0 Å². The zero-order valence-electron chi connectivity index (χ0n) is 19.7. The lowest BCUT2D eigenvalue weighted by Crippen LogP contribution is -2.63. The van der Waals surface area contributed by atoms with Gasteiger partial charge in [0.15, 0.2) is 5.79 Å². The van der Waals surface area contributed by atoms with Crippen LogP contribution in [0.5, 0.6) is 0 Å². The topological polar surface area (TPSA) is 77.4 Å². The number of methoxy groups -OCH3 is 1. The van der Waals surface area contributed by atoms with E-state index in [9.17, 15) is 10.2 Å². The monoisotopic (exact) mass is 438 g/mol. The second kappa shape index (κ2) is 7.92. The summed E-state index contributed by atoms with van der Waals surface area (Å²) in [6.45, 7) is 8.34. The van der Waals surface area contributed by atoms with Crippen LogP contribution >= 0.6 is 0 Å². The van der Waals surface area contributed by atoms with Gasteiger partial charge in [-0.05, 0) is 81.0 Å². The third-order valence-electron chi connectivity index (χ3n) is 10.7. The lowest BCUT2D eigenvalue weighted by molar-refractivity contribution is -0.252. The Morgan fingerprint density at radius 3 is 2.39 bits per heavy atom. The fraction of sp³-hybridized carbons (Fsp3) is 1.00. The largest absolute Gasteiger partial charge is 0.393 e. The highest BCUT2D eigenvalue weighted by Crippen LogP contribution is 2.69. The number of fused-ring (bicyclic) bond motifs is 5. The van der Waals surface area contributed by atoms with E-state index in [4.69, 9.17) is 18.9 Å². The molecule has 4 aliphatic carbocycles. The SMILES string of the molecule is COCO[C@@H]1CC[C@@]2(C)[C@@H](C1)C[C@@H](O)[C@@H]1[C@@H]2C[C@@H](O)[C@]2(C)[C@@H](C3(C)OCCO3)CC[C@@H]12. The van der Waals surface area contributed by atoms with E-state index in [-0.39, 0.29) is 41.0 Å². The highest BCUT2D eigenvalue weighted by Gasteiger charge is 2.68. The Labute approximate surface area is 187 Å². The molecule has 5 rings (SSSR count). The van der Waals surface area contributed by atoms with Crippen molar-refractivity contribution in [1.82, 2.24) is 0 Å². The summed E-state index contributed by atoms with van der Waals surface area (Å²) in [7, 11) is 1.67. The van der Waals surface area contributed by atoms with Crippen LogP contribution in [0.1, 0.15) is 65.7 Å². The maximum Gasteiger partial charge on any atom is 0.169 e. The van der Waals surface area contributed by atoms with E-state index in [0.717, 1.165) is 44.9 Å². The predicted octanol–water partition coefficient (Wildman–Crippen LogP) is 3.34. The van der Waals surface area contributed by atoms with Crippen molar-refractivity contribution < 1.29 is 29.2 Å². The molecule has 178 valence electrons. The highest BCUT2D eigenvalue weighted by atomic mass is 16.7. The van der Waals surface area contributed by atoms with Gasteiger partial charge < -0.3 is 29.2 Å². The molecule has 6 heteroatoms. The zero-order valence-corrected chi connectivity index (χ0v) is 19.7. The van der Waals surface area contributed by atoms with Gasteiger partial charge >= 0.3 is 0 Å². The van der Waals surface area contributed by atoms with E-state index in [1.54, 1.807) is 7.11 Å². The van der Waals surface area contributed by atoms with Crippen molar-refractivity contribution in [2.45, 2.75) is 89.8 Å². The number of hydrogen-bond donors (Lipinski definition) is 2. The van der Waals surface area contributed by atoms with E-state index in [0.29, 0.717) is 37.8 Å². The molecule has 5 fully saturated rings. The second-order valence-corrected chi connectivity index (χ2v) is 11.7. The van der Waals surface area contributed by atoms with Crippen LogP contribution in [0.3, 0.4) is 0 Å². The van der Waals surface area contributed by atoms with Gasteiger partial charge in [-0.25, -0.2) is 0 Å². The molecule has 0 radical (unpaired) electrons. The Bertz CT molecular complexity index is 664. The van der Waals surface area contributed by atoms with Gasteiger partial charge in [0.1, 0.15) is 6.79 Å². The summed E-state index contributed by atoms with van der Waals surface area (Å²) in [5.74, 6) is 0.911. The average Bonchev–Trinajstić information content (AvgIpc) is 3.33. The smallest absolute Gasteiger partial charge is 0.169 e. The number of aliphatic hydroxyl groups is 2. The van der Waals surface area contributed by atoms with Crippen LogP contribution in [0.4, 0.5) is 0 Å². The van der Waals surface area contributed by atoms with Crippen LogP contribution in [0.2, 0.25) is 0 Å². The van der Waals surface area contributed by atoms with E-state index >= 15 is 0 Å². The van der Waals surface area contributed by atoms with Crippen LogP contribution in [-0.2, 0) is 18.9 Å². The van der Waals surface area contributed by atoms with E-state index in [1.165, 1.54) is 0 Å². The van der Waals surface area contributed by atoms with Gasteiger partial charge in [-0.3, -0.25) is 0 Å². The first kappa shape index (κ1) is 22.5. The number of hydrogen-bond acceptors (Lipinski definition) is 6. The summed E-state index contributed by atoms with van der Waals surface area (Å²) >= 11 is 0. The zero-order chi connectivity index (χ0) is 22.0. The van der Waals surface area contributed by atoms with Crippen LogP contribution in [0.25, 0.3) is 0 Å². The number of ether oxygens (including phenoxy) is 4. The Morgan fingerprint density at radius 1 is 0.935 bits per heavy atom. The van der Waals surface area contributed by atoms with Crippen molar-refractivity contribution in [2.75, 3.05) is 27.1 Å². The van der Waals surface area contributed by atoms with Gasteiger partial charge in [-0.1, -0.05) is 13.8 Å². The second-order valence-electron chi connectivity index (χ2n) is 11.7. The Balaban J connectivity index is 1.41. The quantitative estimate of drug-likeness (QED) is 0.656. The third kappa shape index (κ3) is 3.27. The van der Waals surface area contributed by atoms with Gasteiger partial charge in [0.05, 0.1) is 31.5 Å². The number of rotatable bonds is 4. The fourth-order valence-electron chi connectivity index (χ4n) is 9.05. The summed E-state index contributed by atoms with van der Waals surface area (Å²) in [6, 6.07) is 0. The molecule has 31 heavy (non-hydrogen) atoms. The van der Waals surface area contributed by atoms with E-state index in [2.05, 4.69) is 20.8 Å². The van der Waals surface area contributed by atoms with Crippen molar-refractivity contribution in [3.8, 4) is 0 Å². The first-order valence-corrected chi connectivity index (χ1v) is 12.5. The molecule has 0 aromatic carbocycles. The molecule has 1 aliphatic heterocycles.